The Bertz CT molecular complexity index is 2030. The molecule has 13 heteroatoms. The van der Waals surface area contributed by atoms with Crippen LogP contribution in [0.2, 0.25) is 0 Å². The summed E-state index contributed by atoms with van der Waals surface area (Å²) in [6, 6.07) is 18.4. The van der Waals surface area contributed by atoms with Gasteiger partial charge in [-0.1, -0.05) is 51.9 Å². The highest BCUT2D eigenvalue weighted by Crippen LogP contribution is 2.53. The molecule has 1 saturated heterocycles. The maximum Gasteiger partial charge on any atom is 0.168 e. The Kier molecular flexibility index (Phi) is 15.2. The third kappa shape index (κ3) is 10.6. The molecule has 0 aromatic heterocycles. The molecule has 11 nitrogen and oxygen atoms in total. The average Bonchev–Trinajstić information content (AvgIpc) is 3.29. The molecule has 1 heterocycles. The van der Waals surface area contributed by atoms with Crippen molar-refractivity contribution in [1.29, 1.82) is 0 Å². The molecule has 2 aliphatic rings. The van der Waals surface area contributed by atoms with Crippen molar-refractivity contribution < 1.29 is 44.6 Å². The zero-order valence-corrected chi connectivity index (χ0v) is 34.2. The number of aliphatic hydroxyl groups excluding tert-OH is 3. The van der Waals surface area contributed by atoms with Gasteiger partial charge in [0.15, 0.2) is 11.5 Å². The van der Waals surface area contributed by atoms with Crippen molar-refractivity contribution in [2.45, 2.75) is 88.6 Å². The van der Waals surface area contributed by atoms with Gasteiger partial charge >= 0.3 is 0 Å². The lowest BCUT2D eigenvalue weighted by Gasteiger charge is -2.33. The number of unbranched alkanes of at least 4 members (excludes halogenated alkanes) is 1. The van der Waals surface area contributed by atoms with Crippen LogP contribution >= 0.6 is 21.6 Å². The second-order valence-corrected chi connectivity index (χ2v) is 17.6. The van der Waals surface area contributed by atoms with Crippen LogP contribution in [-0.2, 0) is 27.4 Å². The number of phenolic OH excluding ortho intramolecular Hbond substituents is 2. The van der Waals surface area contributed by atoms with Crippen LogP contribution in [0.1, 0.15) is 85.6 Å². The van der Waals surface area contributed by atoms with E-state index < -0.39 is 18.4 Å². The van der Waals surface area contributed by atoms with E-state index in [0.29, 0.717) is 73.4 Å². The van der Waals surface area contributed by atoms with Crippen LogP contribution in [-0.4, -0.2) is 81.9 Å². The van der Waals surface area contributed by atoms with E-state index in [1.807, 2.05) is 42.5 Å². The van der Waals surface area contributed by atoms with Crippen LogP contribution in [0.15, 0.2) is 60.7 Å². The summed E-state index contributed by atoms with van der Waals surface area (Å²) in [6.45, 7) is 1.93. The molecule has 0 saturated carbocycles. The first kappa shape index (κ1) is 42.8. The first-order chi connectivity index (χ1) is 27.6. The standard InChI is InChI=1S/C44H54N2O9S2/c1-26(49)23-46-37-14-8-30(19-31(37)24-48)44(45-17-3-4-18-47)55-39-22-33(51)12-6-28-9-15-38(53)43(54-2)41(28)35-13-7-27-5-11-32(50)21-36(27)42(35)40-16-10-29(39)20-34(52)25-56-57-40/h5,7-9,11,13-15,19,21,29,34,39-40,44-48,50,52-53H,3-4,6,10,12,16-18,20,22-25H2,1-2H3/t29-,34+,39+,40+,44+/m1/s1. The lowest BCUT2D eigenvalue weighted by molar-refractivity contribution is -0.127. The highest BCUT2D eigenvalue weighted by Gasteiger charge is 2.34. The number of phenols is 2. The van der Waals surface area contributed by atoms with Crippen molar-refractivity contribution in [3.05, 3.63) is 82.9 Å². The summed E-state index contributed by atoms with van der Waals surface area (Å²) in [7, 11) is 4.81. The quantitative estimate of drug-likeness (QED) is 0.0405. The third-order valence-electron chi connectivity index (χ3n) is 10.9. The van der Waals surface area contributed by atoms with Gasteiger partial charge in [-0.2, -0.15) is 0 Å². The number of carbonyl (C=O) groups excluding carboxylic acids is 2. The molecule has 306 valence electrons. The van der Waals surface area contributed by atoms with E-state index in [1.165, 1.54) is 14.0 Å². The maximum atomic E-state index is 14.2. The molecular weight excluding hydrogens is 765 g/mol. The van der Waals surface area contributed by atoms with Crippen molar-refractivity contribution >= 4 is 49.6 Å². The summed E-state index contributed by atoms with van der Waals surface area (Å²) in [5.41, 5.74) is 5.38. The van der Waals surface area contributed by atoms with E-state index in [2.05, 4.69) is 10.6 Å². The Hall–Kier alpha value is -3.82. The summed E-state index contributed by atoms with van der Waals surface area (Å²) >= 11 is 0. The van der Waals surface area contributed by atoms with E-state index in [1.54, 1.807) is 39.8 Å². The number of fused-ring (bicyclic) bond motifs is 9. The van der Waals surface area contributed by atoms with Crippen LogP contribution in [0.5, 0.6) is 17.2 Å². The number of hydrogen-bond acceptors (Lipinski definition) is 13. The molecule has 5 atom stereocenters. The van der Waals surface area contributed by atoms with E-state index in [-0.39, 0.29) is 66.8 Å². The number of hydrogen-bond donors (Lipinski definition) is 7. The number of ketones is 2. The topological polar surface area (TPSA) is 178 Å². The number of aliphatic hydroxyl groups is 3. The monoisotopic (exact) mass is 818 g/mol. The number of rotatable bonds is 13. The number of aromatic hydroxyl groups is 2. The minimum atomic E-state index is -0.686. The lowest BCUT2D eigenvalue weighted by Crippen LogP contribution is -2.36. The molecular formula is C44H54N2O9S2. The summed E-state index contributed by atoms with van der Waals surface area (Å²) in [5, 5.41) is 61.4. The van der Waals surface area contributed by atoms with Gasteiger partial charge in [0.2, 0.25) is 0 Å². The van der Waals surface area contributed by atoms with Crippen LogP contribution in [0.25, 0.3) is 21.9 Å². The number of nitrogens with one attached hydrogen (secondary N) is 2. The molecule has 4 aromatic rings. The highest BCUT2D eigenvalue weighted by molar-refractivity contribution is 8.76. The Morgan fingerprint density at radius 1 is 1.00 bits per heavy atom. The number of carbonyl (C=O) groups is 2. The van der Waals surface area contributed by atoms with Gasteiger partial charge in [0, 0.05) is 47.3 Å². The zero-order valence-electron chi connectivity index (χ0n) is 32.5. The number of Topliss-reactive ketones (excluding diaryl/α,β-unsaturated/α-hetero) is 2. The maximum absolute atomic E-state index is 14.2. The Morgan fingerprint density at radius 2 is 1.82 bits per heavy atom. The number of methoxy groups -OCH3 is 1. The summed E-state index contributed by atoms with van der Waals surface area (Å²) in [6.07, 6.45) is 1.76. The SMILES string of the molecule is COc1c(O)ccc2c1-c1ccc3ccc(O)cc3c1[C@@H]1CC[C@H](C[C@H](O)CSS1)[C@@H](O[C@H](NCCCCO)c1ccc(NCC(C)=O)c(CO)c1)CC(=O)CC2. The molecule has 57 heavy (non-hydrogen) atoms. The van der Waals surface area contributed by atoms with Gasteiger partial charge in [-0.3, -0.25) is 14.9 Å². The normalized spacial score (nSPS) is 20.8. The Morgan fingerprint density at radius 3 is 2.60 bits per heavy atom. The first-order valence-electron chi connectivity index (χ1n) is 19.7. The largest absolute Gasteiger partial charge is 0.508 e. The number of anilines is 1. The summed E-state index contributed by atoms with van der Waals surface area (Å²) in [4.78, 5) is 25.9. The van der Waals surface area contributed by atoms with Gasteiger partial charge in [-0.05, 0) is 121 Å². The van der Waals surface area contributed by atoms with Crippen LogP contribution in [0.4, 0.5) is 5.69 Å². The van der Waals surface area contributed by atoms with E-state index in [4.69, 9.17) is 9.47 Å². The molecule has 1 aliphatic heterocycles. The average molecular weight is 819 g/mol. The van der Waals surface area contributed by atoms with Gasteiger partial charge in [-0.15, -0.1) is 0 Å². The van der Waals surface area contributed by atoms with Gasteiger partial charge in [0.1, 0.15) is 23.5 Å². The van der Waals surface area contributed by atoms with E-state index in [9.17, 15) is 35.1 Å². The molecule has 1 aliphatic carbocycles. The Labute approximate surface area is 342 Å². The van der Waals surface area contributed by atoms with Crippen molar-refractivity contribution in [2.75, 3.05) is 37.9 Å². The lowest BCUT2D eigenvalue weighted by atomic mass is 9.85. The molecule has 0 amide bonds. The molecule has 4 aromatic carbocycles. The summed E-state index contributed by atoms with van der Waals surface area (Å²) < 4.78 is 12.9. The van der Waals surface area contributed by atoms with E-state index in [0.717, 1.165) is 33.0 Å². The van der Waals surface area contributed by atoms with E-state index >= 15 is 0 Å². The third-order valence-corrected chi connectivity index (χ3v) is 13.7. The van der Waals surface area contributed by atoms with Crippen molar-refractivity contribution in [3.63, 3.8) is 0 Å². The van der Waals surface area contributed by atoms with Crippen molar-refractivity contribution in [2.24, 2.45) is 5.92 Å². The molecule has 7 N–H and O–H groups in total. The van der Waals surface area contributed by atoms with Gasteiger partial charge < -0.3 is 40.3 Å². The molecule has 1 fully saturated rings. The number of aryl methyl sites for hydroxylation is 1. The first-order valence-corrected chi connectivity index (χ1v) is 22.1. The van der Waals surface area contributed by atoms with Crippen molar-refractivity contribution in [3.8, 4) is 28.4 Å². The predicted octanol–water partition coefficient (Wildman–Crippen LogP) is 7.35. The van der Waals surface area contributed by atoms with Crippen LogP contribution in [0, 0.1) is 5.92 Å². The second-order valence-electron chi connectivity index (χ2n) is 15.0. The molecule has 0 spiro atoms. The van der Waals surface area contributed by atoms with Crippen LogP contribution < -0.4 is 15.4 Å². The van der Waals surface area contributed by atoms with Crippen LogP contribution in [0.3, 0.4) is 0 Å². The molecule has 2 bridgehead atoms. The number of ether oxygens (including phenoxy) is 2. The minimum absolute atomic E-state index is 0.00517. The zero-order chi connectivity index (χ0) is 40.5. The predicted molar refractivity (Wildman–Crippen MR) is 227 cm³/mol. The highest BCUT2D eigenvalue weighted by atomic mass is 33.1. The smallest absolute Gasteiger partial charge is 0.168 e. The summed E-state index contributed by atoms with van der Waals surface area (Å²) in [5.74, 6) is 0.660. The van der Waals surface area contributed by atoms with Crippen molar-refractivity contribution in [1.82, 2.24) is 5.32 Å². The Balaban J connectivity index is 1.45. The second kappa shape index (κ2) is 20.2. The fourth-order valence-corrected chi connectivity index (χ4v) is 10.9. The molecule has 6 rings (SSSR count). The fourth-order valence-electron chi connectivity index (χ4n) is 8.01. The number of benzene rings is 4. The minimum Gasteiger partial charge on any atom is -0.508 e. The van der Waals surface area contributed by atoms with Gasteiger partial charge in [0.25, 0.3) is 0 Å². The molecule has 0 unspecified atom stereocenters. The van der Waals surface area contributed by atoms with Gasteiger partial charge in [-0.25, -0.2) is 0 Å². The fraction of sp³-hybridized carbons (Fsp3) is 0.455. The van der Waals surface area contributed by atoms with Gasteiger partial charge in [0.05, 0.1) is 32.5 Å². The molecule has 0 radical (unpaired) electrons.